The Morgan fingerprint density at radius 3 is 2.73 bits per heavy atom. The maximum Gasteiger partial charge on any atom is 0.162 e. The molecule has 11 heavy (non-hydrogen) atoms. The molecule has 0 saturated carbocycles. The first-order valence-electron chi connectivity index (χ1n) is 3.48. The third-order valence-electron chi connectivity index (χ3n) is 1.74. The van der Waals surface area contributed by atoms with E-state index in [1.54, 1.807) is 6.92 Å². The Hall–Kier alpha value is -1.23. The molecule has 2 nitrogen and oxygen atoms in total. The molecule has 0 bridgehead atoms. The van der Waals surface area contributed by atoms with Crippen LogP contribution in [0, 0.1) is 12.3 Å². The topological polar surface area (TPSA) is 26.3 Å². The van der Waals surface area contributed by atoms with Crippen LogP contribution in [0.5, 0.6) is 0 Å². The highest BCUT2D eigenvalue weighted by molar-refractivity contribution is 5.94. The summed E-state index contributed by atoms with van der Waals surface area (Å²) in [5.41, 5.74) is 0.730. The first kappa shape index (κ1) is 7.87. The zero-order chi connectivity index (χ0) is 8.43. The van der Waals surface area contributed by atoms with Gasteiger partial charge in [0.2, 0.25) is 0 Å². The van der Waals surface area contributed by atoms with Crippen molar-refractivity contribution in [3.63, 3.8) is 0 Å². The fraction of sp³-hybridized carbons (Fsp3) is 0.444. The second kappa shape index (κ2) is 2.79. The Kier molecular flexibility index (Phi) is 2.00. The third kappa shape index (κ3) is 1.43. The van der Waals surface area contributed by atoms with E-state index in [1.807, 2.05) is 0 Å². The number of hydrogen-bond acceptors (Lipinski definition) is 2. The van der Waals surface area contributed by atoms with Crippen LogP contribution in [0.15, 0.2) is 11.3 Å². The largest absolute Gasteiger partial charge is 0.482 e. The molecule has 2 heteroatoms. The molecular formula is C9H10O2. The number of ketones is 1. The lowest BCUT2D eigenvalue weighted by Gasteiger charge is -2.00. The van der Waals surface area contributed by atoms with Crippen LogP contribution in [-0.2, 0) is 9.53 Å². The van der Waals surface area contributed by atoms with Crippen molar-refractivity contribution in [2.75, 3.05) is 0 Å². The van der Waals surface area contributed by atoms with Crippen molar-refractivity contribution in [3.05, 3.63) is 11.3 Å². The molecule has 0 N–H and O–H groups in total. The number of allylic oxidation sites excluding steroid dienone is 1. The summed E-state index contributed by atoms with van der Waals surface area (Å²) >= 11 is 0. The molecule has 1 atom stereocenters. The van der Waals surface area contributed by atoms with E-state index in [-0.39, 0.29) is 11.9 Å². The molecule has 1 rings (SSSR count). The van der Waals surface area contributed by atoms with Gasteiger partial charge < -0.3 is 4.74 Å². The van der Waals surface area contributed by atoms with Crippen LogP contribution in [0.2, 0.25) is 0 Å². The molecule has 0 aromatic heterocycles. The first-order chi connectivity index (χ1) is 5.15. The molecule has 0 unspecified atom stereocenters. The number of carbonyl (C=O) groups excluding carboxylic acids is 1. The fourth-order valence-corrected chi connectivity index (χ4v) is 1.14. The molecule has 58 valence electrons. The van der Waals surface area contributed by atoms with E-state index in [1.165, 1.54) is 6.92 Å². The first-order valence-corrected chi connectivity index (χ1v) is 3.48. The van der Waals surface area contributed by atoms with E-state index >= 15 is 0 Å². The monoisotopic (exact) mass is 150 g/mol. The van der Waals surface area contributed by atoms with Crippen molar-refractivity contribution in [2.45, 2.75) is 26.4 Å². The van der Waals surface area contributed by atoms with Crippen molar-refractivity contribution < 1.29 is 9.53 Å². The number of Topliss-reactive ketones (excluding diaryl/α,β-unsaturated/α-hetero) is 1. The van der Waals surface area contributed by atoms with Gasteiger partial charge in [-0.1, -0.05) is 5.92 Å². The Morgan fingerprint density at radius 2 is 2.45 bits per heavy atom. The lowest BCUT2D eigenvalue weighted by molar-refractivity contribution is -0.113. The highest BCUT2D eigenvalue weighted by Gasteiger charge is 2.23. The molecular weight excluding hydrogens is 140 g/mol. The van der Waals surface area contributed by atoms with Crippen LogP contribution >= 0.6 is 0 Å². The van der Waals surface area contributed by atoms with Crippen LogP contribution in [-0.4, -0.2) is 11.9 Å². The molecule has 0 amide bonds. The molecule has 1 heterocycles. The van der Waals surface area contributed by atoms with E-state index in [0.717, 1.165) is 5.57 Å². The van der Waals surface area contributed by atoms with Gasteiger partial charge in [0.1, 0.15) is 5.76 Å². The summed E-state index contributed by atoms with van der Waals surface area (Å²) in [5, 5.41) is 0. The highest BCUT2D eigenvalue weighted by Crippen LogP contribution is 2.24. The van der Waals surface area contributed by atoms with Crippen molar-refractivity contribution >= 4 is 5.78 Å². The number of ether oxygens (including phenoxy) is 1. The normalized spacial score (nSPS) is 22.8. The standard InChI is InChI=1S/C9H10O2/c1-4-8-5-9(6(2)10)7(3)11-8/h1,8H,5H2,2-3H3/t8-/m0/s1. The third-order valence-corrected chi connectivity index (χ3v) is 1.74. The molecule has 0 aromatic carbocycles. The van der Waals surface area contributed by atoms with Crippen molar-refractivity contribution in [1.82, 2.24) is 0 Å². The zero-order valence-electron chi connectivity index (χ0n) is 6.68. The Morgan fingerprint density at radius 1 is 1.82 bits per heavy atom. The van der Waals surface area contributed by atoms with Crippen molar-refractivity contribution in [1.29, 1.82) is 0 Å². The molecule has 0 aliphatic carbocycles. The Balaban J connectivity index is 2.77. The van der Waals surface area contributed by atoms with Gasteiger partial charge in [-0.3, -0.25) is 4.79 Å². The van der Waals surface area contributed by atoms with Gasteiger partial charge in [0.25, 0.3) is 0 Å². The summed E-state index contributed by atoms with van der Waals surface area (Å²) in [7, 11) is 0. The highest BCUT2D eigenvalue weighted by atomic mass is 16.5. The molecule has 1 aliphatic rings. The van der Waals surface area contributed by atoms with Crippen LogP contribution < -0.4 is 0 Å². The maximum absolute atomic E-state index is 10.9. The summed E-state index contributed by atoms with van der Waals surface area (Å²) in [6, 6.07) is 0. The predicted molar refractivity (Wildman–Crippen MR) is 41.7 cm³/mol. The summed E-state index contributed by atoms with van der Waals surface area (Å²) in [5.74, 6) is 3.20. The van der Waals surface area contributed by atoms with E-state index in [0.29, 0.717) is 12.2 Å². The van der Waals surface area contributed by atoms with Crippen LogP contribution in [0.3, 0.4) is 0 Å². The Labute approximate surface area is 66.2 Å². The zero-order valence-corrected chi connectivity index (χ0v) is 6.68. The Bertz CT molecular complexity index is 255. The average Bonchev–Trinajstić information content (AvgIpc) is 2.30. The minimum Gasteiger partial charge on any atom is -0.482 e. The van der Waals surface area contributed by atoms with E-state index < -0.39 is 0 Å². The van der Waals surface area contributed by atoms with E-state index in [9.17, 15) is 4.79 Å². The van der Waals surface area contributed by atoms with Gasteiger partial charge in [0, 0.05) is 12.0 Å². The van der Waals surface area contributed by atoms with Gasteiger partial charge >= 0.3 is 0 Å². The predicted octanol–water partition coefficient (Wildman–Crippen LogP) is 1.27. The SMILES string of the molecule is C#C[C@H]1CC(C(C)=O)=C(C)O1. The number of hydrogen-bond donors (Lipinski definition) is 0. The summed E-state index contributed by atoms with van der Waals surface area (Å²) in [4.78, 5) is 10.9. The molecule has 0 radical (unpaired) electrons. The van der Waals surface area contributed by atoms with Gasteiger partial charge in [0.05, 0.1) is 0 Å². The van der Waals surface area contributed by atoms with Crippen molar-refractivity contribution in [3.8, 4) is 12.3 Å². The summed E-state index contributed by atoms with van der Waals surface area (Å²) in [6.45, 7) is 3.30. The van der Waals surface area contributed by atoms with Gasteiger partial charge in [-0.15, -0.1) is 6.42 Å². The average molecular weight is 150 g/mol. The molecule has 0 spiro atoms. The maximum atomic E-state index is 10.9. The second-order valence-corrected chi connectivity index (χ2v) is 2.57. The van der Waals surface area contributed by atoms with Gasteiger partial charge in [0.15, 0.2) is 11.9 Å². The molecule has 0 saturated heterocycles. The van der Waals surface area contributed by atoms with Gasteiger partial charge in [-0.2, -0.15) is 0 Å². The smallest absolute Gasteiger partial charge is 0.162 e. The number of terminal acetylenes is 1. The van der Waals surface area contributed by atoms with E-state index in [2.05, 4.69) is 5.92 Å². The fourth-order valence-electron chi connectivity index (χ4n) is 1.14. The van der Waals surface area contributed by atoms with E-state index in [4.69, 9.17) is 11.2 Å². The second-order valence-electron chi connectivity index (χ2n) is 2.57. The minimum atomic E-state index is -0.228. The number of rotatable bonds is 1. The quantitative estimate of drug-likeness (QED) is 0.526. The lowest BCUT2D eigenvalue weighted by atomic mass is 10.1. The summed E-state index contributed by atoms with van der Waals surface area (Å²) in [6.07, 6.45) is 5.48. The van der Waals surface area contributed by atoms with Crippen molar-refractivity contribution in [2.24, 2.45) is 0 Å². The van der Waals surface area contributed by atoms with Gasteiger partial charge in [-0.25, -0.2) is 0 Å². The van der Waals surface area contributed by atoms with Crippen LogP contribution in [0.1, 0.15) is 20.3 Å². The molecule has 0 aromatic rings. The molecule has 0 fully saturated rings. The van der Waals surface area contributed by atoms with Crippen LogP contribution in [0.25, 0.3) is 0 Å². The van der Waals surface area contributed by atoms with Crippen LogP contribution in [0.4, 0.5) is 0 Å². The van der Waals surface area contributed by atoms with Gasteiger partial charge in [-0.05, 0) is 13.8 Å². The number of carbonyl (C=O) groups is 1. The minimum absolute atomic E-state index is 0.0558. The summed E-state index contributed by atoms with van der Waals surface area (Å²) < 4.78 is 5.21. The lowest BCUT2D eigenvalue weighted by Crippen LogP contribution is -2.02. The molecule has 1 aliphatic heterocycles.